The van der Waals surface area contributed by atoms with E-state index in [9.17, 15) is 9.90 Å². The van der Waals surface area contributed by atoms with E-state index in [-0.39, 0.29) is 11.7 Å². The van der Waals surface area contributed by atoms with Crippen LogP contribution in [0.5, 0.6) is 5.75 Å². The summed E-state index contributed by atoms with van der Waals surface area (Å²) >= 11 is 0. The van der Waals surface area contributed by atoms with Crippen LogP contribution in [0, 0.1) is 5.92 Å². The topological polar surface area (TPSA) is 52.6 Å². The quantitative estimate of drug-likeness (QED) is 0.870. The Balaban J connectivity index is 1.82. The van der Waals surface area contributed by atoms with E-state index in [1.54, 1.807) is 18.2 Å². The molecule has 0 aromatic heterocycles. The number of aromatic hydroxyl groups is 1. The molecule has 1 aliphatic rings. The molecule has 1 aromatic carbocycles. The molecule has 1 aromatic rings. The van der Waals surface area contributed by atoms with Crippen LogP contribution >= 0.6 is 0 Å². The number of carbonyl (C=O) groups is 1. The van der Waals surface area contributed by atoms with E-state index in [2.05, 4.69) is 24.1 Å². The highest BCUT2D eigenvalue weighted by molar-refractivity contribution is 5.94. The summed E-state index contributed by atoms with van der Waals surface area (Å²) in [4.78, 5) is 14.4. The van der Waals surface area contributed by atoms with Crippen molar-refractivity contribution in [3.8, 4) is 5.75 Å². The maximum Gasteiger partial charge on any atom is 0.251 e. The fourth-order valence-electron chi connectivity index (χ4n) is 2.48. The van der Waals surface area contributed by atoms with E-state index in [4.69, 9.17) is 0 Å². The zero-order valence-corrected chi connectivity index (χ0v) is 11.6. The van der Waals surface area contributed by atoms with Crippen molar-refractivity contribution in [3.63, 3.8) is 0 Å². The van der Waals surface area contributed by atoms with Gasteiger partial charge in [0, 0.05) is 24.7 Å². The van der Waals surface area contributed by atoms with Gasteiger partial charge < -0.3 is 15.3 Å². The lowest BCUT2D eigenvalue weighted by molar-refractivity contribution is 0.0946. The van der Waals surface area contributed by atoms with Crippen molar-refractivity contribution in [2.45, 2.75) is 26.3 Å². The van der Waals surface area contributed by atoms with Crippen LogP contribution in [0.15, 0.2) is 24.3 Å². The summed E-state index contributed by atoms with van der Waals surface area (Å²) in [7, 11) is 0. The first-order valence-electron chi connectivity index (χ1n) is 6.87. The SMILES string of the molecule is CC(C)N1CCC(CNC(=O)c2cccc(O)c2)C1. The van der Waals surface area contributed by atoms with Gasteiger partial charge in [-0.1, -0.05) is 6.07 Å². The van der Waals surface area contributed by atoms with Crippen LogP contribution in [0.3, 0.4) is 0 Å². The van der Waals surface area contributed by atoms with Gasteiger partial charge in [0.15, 0.2) is 0 Å². The molecular formula is C15H22N2O2. The van der Waals surface area contributed by atoms with Crippen LogP contribution in [0.25, 0.3) is 0 Å². The van der Waals surface area contributed by atoms with Gasteiger partial charge in [0.25, 0.3) is 5.91 Å². The predicted molar refractivity (Wildman–Crippen MR) is 75.3 cm³/mol. The normalized spacial score (nSPS) is 19.8. The lowest BCUT2D eigenvalue weighted by Gasteiger charge is -2.20. The van der Waals surface area contributed by atoms with Gasteiger partial charge >= 0.3 is 0 Å². The van der Waals surface area contributed by atoms with Crippen molar-refractivity contribution in [1.82, 2.24) is 10.2 Å². The van der Waals surface area contributed by atoms with E-state index < -0.39 is 0 Å². The fraction of sp³-hybridized carbons (Fsp3) is 0.533. The highest BCUT2D eigenvalue weighted by Crippen LogP contribution is 2.18. The third-order valence-electron chi connectivity index (χ3n) is 3.71. The van der Waals surface area contributed by atoms with Crippen molar-refractivity contribution < 1.29 is 9.90 Å². The van der Waals surface area contributed by atoms with Gasteiger partial charge in [-0.05, 0) is 50.9 Å². The highest BCUT2D eigenvalue weighted by atomic mass is 16.3. The van der Waals surface area contributed by atoms with Crippen molar-refractivity contribution in [2.24, 2.45) is 5.92 Å². The van der Waals surface area contributed by atoms with Gasteiger partial charge in [-0.15, -0.1) is 0 Å². The third kappa shape index (κ3) is 3.70. The average Bonchev–Trinajstić information content (AvgIpc) is 2.85. The van der Waals surface area contributed by atoms with Crippen molar-refractivity contribution >= 4 is 5.91 Å². The molecule has 104 valence electrons. The second-order valence-corrected chi connectivity index (χ2v) is 5.50. The number of nitrogens with one attached hydrogen (secondary N) is 1. The lowest BCUT2D eigenvalue weighted by atomic mass is 10.1. The van der Waals surface area contributed by atoms with Gasteiger partial charge in [-0.25, -0.2) is 0 Å². The zero-order valence-electron chi connectivity index (χ0n) is 11.6. The van der Waals surface area contributed by atoms with Gasteiger partial charge in [-0.2, -0.15) is 0 Å². The number of hydrogen-bond donors (Lipinski definition) is 2. The highest BCUT2D eigenvalue weighted by Gasteiger charge is 2.24. The molecule has 2 rings (SSSR count). The number of benzene rings is 1. The number of carbonyl (C=O) groups excluding carboxylic acids is 1. The number of hydrogen-bond acceptors (Lipinski definition) is 3. The van der Waals surface area contributed by atoms with Gasteiger partial charge in [0.05, 0.1) is 0 Å². The van der Waals surface area contributed by atoms with Crippen LogP contribution in [0.4, 0.5) is 0 Å². The van der Waals surface area contributed by atoms with Crippen molar-refractivity contribution in [2.75, 3.05) is 19.6 Å². The summed E-state index contributed by atoms with van der Waals surface area (Å²) in [5.41, 5.74) is 0.513. The number of phenols is 1. The van der Waals surface area contributed by atoms with Crippen LogP contribution in [0.1, 0.15) is 30.6 Å². The third-order valence-corrected chi connectivity index (χ3v) is 3.71. The number of phenolic OH excluding ortho intramolecular Hbond substituents is 1. The van der Waals surface area contributed by atoms with E-state index in [1.807, 2.05) is 0 Å². The second kappa shape index (κ2) is 6.06. The predicted octanol–water partition coefficient (Wildman–Crippen LogP) is 1.85. The number of likely N-dealkylation sites (tertiary alicyclic amines) is 1. The van der Waals surface area contributed by atoms with Crippen LogP contribution in [-0.2, 0) is 0 Å². The minimum absolute atomic E-state index is 0.112. The monoisotopic (exact) mass is 262 g/mol. The fourth-order valence-corrected chi connectivity index (χ4v) is 2.48. The number of rotatable bonds is 4. The number of nitrogens with zero attached hydrogens (tertiary/aromatic N) is 1. The average molecular weight is 262 g/mol. The molecule has 2 N–H and O–H groups in total. The lowest BCUT2D eigenvalue weighted by Crippen LogP contribution is -2.32. The van der Waals surface area contributed by atoms with Crippen molar-refractivity contribution in [3.05, 3.63) is 29.8 Å². The molecular weight excluding hydrogens is 240 g/mol. The maximum atomic E-state index is 11.9. The summed E-state index contributed by atoms with van der Waals surface area (Å²) < 4.78 is 0. The van der Waals surface area contributed by atoms with E-state index >= 15 is 0 Å². The molecule has 0 saturated carbocycles. The first-order chi connectivity index (χ1) is 9.06. The molecule has 4 heteroatoms. The van der Waals surface area contributed by atoms with E-state index in [0.717, 1.165) is 19.5 Å². The Hall–Kier alpha value is -1.55. The second-order valence-electron chi connectivity index (χ2n) is 5.50. The minimum atomic E-state index is -0.112. The summed E-state index contributed by atoms with van der Waals surface area (Å²) in [5, 5.41) is 12.3. The summed E-state index contributed by atoms with van der Waals surface area (Å²) in [6.07, 6.45) is 1.14. The Bertz CT molecular complexity index is 446. The first-order valence-corrected chi connectivity index (χ1v) is 6.87. The molecule has 1 atom stereocenters. The Labute approximate surface area is 114 Å². The molecule has 1 saturated heterocycles. The molecule has 4 nitrogen and oxygen atoms in total. The largest absolute Gasteiger partial charge is 0.508 e. The van der Waals surface area contributed by atoms with Crippen LogP contribution in [-0.4, -0.2) is 41.6 Å². The number of amides is 1. The van der Waals surface area contributed by atoms with Gasteiger partial charge in [-0.3, -0.25) is 4.79 Å². The molecule has 1 fully saturated rings. The van der Waals surface area contributed by atoms with Gasteiger partial charge in [0.1, 0.15) is 5.75 Å². The van der Waals surface area contributed by atoms with E-state index in [0.29, 0.717) is 24.1 Å². The standard InChI is InChI=1S/C15H22N2O2/c1-11(2)17-7-6-12(10-17)9-16-15(19)13-4-3-5-14(18)8-13/h3-5,8,11-12,18H,6-7,9-10H2,1-2H3,(H,16,19). The molecule has 1 unspecified atom stereocenters. The van der Waals surface area contributed by atoms with Crippen molar-refractivity contribution in [1.29, 1.82) is 0 Å². The molecule has 0 spiro atoms. The Morgan fingerprint density at radius 1 is 1.53 bits per heavy atom. The van der Waals surface area contributed by atoms with Crippen LogP contribution < -0.4 is 5.32 Å². The Kier molecular flexibility index (Phi) is 4.43. The molecule has 0 bridgehead atoms. The molecule has 0 radical (unpaired) electrons. The van der Waals surface area contributed by atoms with E-state index in [1.165, 1.54) is 6.07 Å². The Morgan fingerprint density at radius 2 is 2.32 bits per heavy atom. The summed E-state index contributed by atoms with van der Waals surface area (Å²) in [6.45, 7) is 7.28. The molecule has 1 heterocycles. The first kappa shape index (κ1) is 13.9. The molecule has 1 aliphatic heterocycles. The molecule has 19 heavy (non-hydrogen) atoms. The molecule has 1 amide bonds. The summed E-state index contributed by atoms with van der Waals surface area (Å²) in [5.74, 6) is 0.544. The van der Waals surface area contributed by atoms with Crippen LogP contribution in [0.2, 0.25) is 0 Å². The van der Waals surface area contributed by atoms with Gasteiger partial charge in [0.2, 0.25) is 0 Å². The minimum Gasteiger partial charge on any atom is -0.508 e. The smallest absolute Gasteiger partial charge is 0.251 e. The maximum absolute atomic E-state index is 11.9. The summed E-state index contributed by atoms with van der Waals surface area (Å²) in [6, 6.07) is 7.02. The zero-order chi connectivity index (χ0) is 13.8. The Morgan fingerprint density at radius 3 is 2.95 bits per heavy atom. The molecule has 0 aliphatic carbocycles.